The fraction of sp³-hybridized carbons (Fsp3) is 0.286. The number of nitrogens with zero attached hydrogens (tertiary/aromatic N) is 1. The number of carbonyl (C=O) groups is 3. The average Bonchev–Trinajstić information content (AvgIpc) is 2.79. The number of hydrogen-bond acceptors (Lipinski definition) is 5. The first-order chi connectivity index (χ1) is 16.6. The molecule has 1 heterocycles. The molecular formula is C28H28N2O5. The van der Waals surface area contributed by atoms with Crippen molar-refractivity contribution in [2.24, 2.45) is 5.41 Å². The van der Waals surface area contributed by atoms with Crippen LogP contribution in [0, 0.1) is 12.3 Å². The van der Waals surface area contributed by atoms with Crippen LogP contribution in [0.4, 0.5) is 5.69 Å². The van der Waals surface area contributed by atoms with Gasteiger partial charge in [-0.25, -0.2) is 4.79 Å². The fourth-order valence-corrected chi connectivity index (χ4v) is 4.44. The zero-order valence-electron chi connectivity index (χ0n) is 20.3. The number of rotatable bonds is 5. The van der Waals surface area contributed by atoms with Gasteiger partial charge >= 0.3 is 5.97 Å². The molecule has 0 bridgehead atoms. The molecule has 1 aliphatic carbocycles. The van der Waals surface area contributed by atoms with Gasteiger partial charge in [-0.2, -0.15) is 0 Å². The maximum Gasteiger partial charge on any atom is 0.340 e. The van der Waals surface area contributed by atoms with E-state index in [2.05, 4.69) is 5.32 Å². The second-order valence-electron chi connectivity index (χ2n) is 9.57. The van der Waals surface area contributed by atoms with Crippen LogP contribution in [0.1, 0.15) is 69.4 Å². The van der Waals surface area contributed by atoms with Gasteiger partial charge in [-0.1, -0.05) is 43.7 Å². The molecule has 1 N–H and O–H groups in total. The second-order valence-corrected chi connectivity index (χ2v) is 9.57. The zero-order valence-corrected chi connectivity index (χ0v) is 20.3. The lowest BCUT2D eigenvalue weighted by Crippen LogP contribution is -2.37. The lowest BCUT2D eigenvalue weighted by Gasteiger charge is -2.31. The maximum absolute atomic E-state index is 13.7. The molecule has 0 radical (unpaired) electrons. The highest BCUT2D eigenvalue weighted by Crippen LogP contribution is 2.36. The molecule has 0 saturated heterocycles. The standard InChI is InChI=1S/C28H28N2O5/c1-5-35-27(34)19-8-6-7-9-22(19)29-25(32)24-20-14-28(3,4)15-23(31)21(20)16-30(26(24)33)18-12-10-17(2)11-13-18/h6-13,16H,5,14-15H2,1-4H3,(H,29,32). The van der Waals surface area contributed by atoms with E-state index in [1.54, 1.807) is 49.5 Å². The van der Waals surface area contributed by atoms with Gasteiger partial charge < -0.3 is 10.1 Å². The summed E-state index contributed by atoms with van der Waals surface area (Å²) in [5.74, 6) is -1.36. The lowest BCUT2D eigenvalue weighted by atomic mass is 9.73. The Bertz CT molecular complexity index is 1380. The van der Waals surface area contributed by atoms with E-state index in [1.165, 1.54) is 4.57 Å². The van der Waals surface area contributed by atoms with Gasteiger partial charge in [0.2, 0.25) is 0 Å². The first-order valence-corrected chi connectivity index (χ1v) is 11.6. The molecule has 0 spiro atoms. The summed E-state index contributed by atoms with van der Waals surface area (Å²) in [4.78, 5) is 52.8. The molecule has 0 atom stereocenters. The van der Waals surface area contributed by atoms with Crippen LogP contribution in [0.3, 0.4) is 0 Å². The van der Waals surface area contributed by atoms with E-state index in [-0.39, 0.29) is 29.2 Å². The third-order valence-electron chi connectivity index (χ3n) is 6.12. The summed E-state index contributed by atoms with van der Waals surface area (Å²) in [5.41, 5.74) is 1.78. The first kappa shape index (κ1) is 24.1. The SMILES string of the molecule is CCOC(=O)c1ccccc1NC(=O)c1c2c(cn(-c3ccc(C)cc3)c1=O)C(=O)CC(C)(C)C2. The van der Waals surface area contributed by atoms with Gasteiger partial charge in [0.1, 0.15) is 5.56 Å². The number of ketones is 1. The Morgan fingerprint density at radius 2 is 1.71 bits per heavy atom. The second kappa shape index (κ2) is 9.33. The number of anilines is 1. The summed E-state index contributed by atoms with van der Waals surface area (Å²) >= 11 is 0. The van der Waals surface area contributed by atoms with Crippen molar-refractivity contribution in [2.75, 3.05) is 11.9 Å². The first-order valence-electron chi connectivity index (χ1n) is 11.6. The molecule has 4 rings (SSSR count). The van der Waals surface area contributed by atoms with E-state index in [1.807, 2.05) is 32.9 Å². The number of Topliss-reactive ketones (excluding diaryl/α,β-unsaturated/α-hetero) is 1. The molecule has 0 saturated carbocycles. The van der Waals surface area contributed by atoms with Crippen molar-refractivity contribution in [1.29, 1.82) is 0 Å². The quantitative estimate of drug-likeness (QED) is 0.542. The number of hydrogen-bond donors (Lipinski definition) is 1. The molecule has 3 aromatic rings. The van der Waals surface area contributed by atoms with Crippen molar-refractivity contribution in [3.05, 3.63) is 92.9 Å². The number of aromatic nitrogens is 1. The molecule has 1 aromatic heterocycles. The number of carbonyl (C=O) groups excluding carboxylic acids is 3. The van der Waals surface area contributed by atoms with Gasteiger partial charge in [0.25, 0.3) is 11.5 Å². The Morgan fingerprint density at radius 1 is 1.03 bits per heavy atom. The van der Waals surface area contributed by atoms with Gasteiger partial charge in [-0.15, -0.1) is 0 Å². The minimum absolute atomic E-state index is 0.0946. The van der Waals surface area contributed by atoms with Crippen LogP contribution in [-0.4, -0.2) is 28.8 Å². The number of benzene rings is 2. The zero-order chi connectivity index (χ0) is 25.3. The number of ether oxygens (including phenoxy) is 1. The van der Waals surface area contributed by atoms with Gasteiger partial charge in [0, 0.05) is 23.9 Å². The van der Waals surface area contributed by atoms with Crippen molar-refractivity contribution >= 4 is 23.3 Å². The number of nitrogens with one attached hydrogen (secondary N) is 1. The summed E-state index contributed by atoms with van der Waals surface area (Å²) in [5, 5.41) is 2.72. The van der Waals surface area contributed by atoms with E-state index in [4.69, 9.17) is 4.74 Å². The molecule has 2 aromatic carbocycles. The largest absolute Gasteiger partial charge is 0.462 e. The normalized spacial score (nSPS) is 14.2. The van der Waals surface area contributed by atoms with E-state index in [9.17, 15) is 19.2 Å². The minimum Gasteiger partial charge on any atom is -0.462 e. The smallest absolute Gasteiger partial charge is 0.340 e. The number of amides is 1. The Kier molecular flexibility index (Phi) is 6.43. The van der Waals surface area contributed by atoms with Crippen LogP contribution in [-0.2, 0) is 11.2 Å². The highest BCUT2D eigenvalue weighted by atomic mass is 16.5. The third-order valence-corrected chi connectivity index (χ3v) is 6.12. The van der Waals surface area contributed by atoms with Crippen molar-refractivity contribution in [3.8, 4) is 5.69 Å². The summed E-state index contributed by atoms with van der Waals surface area (Å²) < 4.78 is 6.45. The van der Waals surface area contributed by atoms with Crippen molar-refractivity contribution in [2.45, 2.75) is 40.5 Å². The molecule has 7 nitrogen and oxygen atoms in total. The highest BCUT2D eigenvalue weighted by Gasteiger charge is 2.36. The van der Waals surface area contributed by atoms with Crippen molar-refractivity contribution in [3.63, 3.8) is 0 Å². The highest BCUT2D eigenvalue weighted by molar-refractivity contribution is 6.10. The van der Waals surface area contributed by atoms with Crippen LogP contribution < -0.4 is 10.9 Å². The van der Waals surface area contributed by atoms with Crippen LogP contribution in [0.25, 0.3) is 5.69 Å². The molecule has 35 heavy (non-hydrogen) atoms. The van der Waals surface area contributed by atoms with Gasteiger partial charge in [0.05, 0.1) is 17.9 Å². The van der Waals surface area contributed by atoms with Crippen LogP contribution >= 0.6 is 0 Å². The molecular weight excluding hydrogens is 444 g/mol. The summed E-state index contributed by atoms with van der Waals surface area (Å²) in [6.45, 7) is 7.70. The van der Waals surface area contributed by atoms with Gasteiger partial charge in [-0.05, 0) is 55.5 Å². The third kappa shape index (κ3) is 4.80. The molecule has 1 amide bonds. The number of aryl methyl sites for hydroxylation is 1. The number of pyridine rings is 1. The predicted octanol–water partition coefficient (Wildman–Crippen LogP) is 4.73. The van der Waals surface area contributed by atoms with Gasteiger partial charge in [0.15, 0.2) is 5.78 Å². The Hall–Kier alpha value is -4.00. The predicted molar refractivity (Wildman–Crippen MR) is 134 cm³/mol. The van der Waals surface area contributed by atoms with Crippen molar-refractivity contribution < 1.29 is 19.1 Å². The molecule has 0 fully saturated rings. The van der Waals surface area contributed by atoms with Crippen LogP contribution in [0.2, 0.25) is 0 Å². The van der Waals surface area contributed by atoms with Crippen LogP contribution in [0.15, 0.2) is 59.5 Å². The summed E-state index contributed by atoms with van der Waals surface area (Å²) in [7, 11) is 0. The fourth-order valence-electron chi connectivity index (χ4n) is 4.44. The van der Waals surface area contributed by atoms with Crippen molar-refractivity contribution in [1.82, 2.24) is 4.57 Å². The monoisotopic (exact) mass is 472 g/mol. The Balaban J connectivity index is 1.87. The molecule has 7 heteroatoms. The summed E-state index contributed by atoms with van der Waals surface area (Å²) in [6, 6.07) is 13.7. The van der Waals surface area contributed by atoms with E-state index >= 15 is 0 Å². The topological polar surface area (TPSA) is 94.5 Å². The van der Waals surface area contributed by atoms with E-state index < -0.39 is 22.9 Å². The molecule has 0 aliphatic heterocycles. The Morgan fingerprint density at radius 3 is 2.40 bits per heavy atom. The number of esters is 1. The van der Waals surface area contributed by atoms with Gasteiger partial charge in [-0.3, -0.25) is 19.0 Å². The van der Waals surface area contributed by atoms with Crippen LogP contribution in [0.5, 0.6) is 0 Å². The molecule has 0 unspecified atom stereocenters. The average molecular weight is 473 g/mol. The maximum atomic E-state index is 13.7. The number of fused-ring (bicyclic) bond motifs is 1. The molecule has 180 valence electrons. The number of para-hydroxylation sites is 1. The van der Waals surface area contributed by atoms with E-state index in [0.29, 0.717) is 29.7 Å². The Labute approximate surface area is 203 Å². The minimum atomic E-state index is -0.671. The van der Waals surface area contributed by atoms with E-state index in [0.717, 1.165) is 5.56 Å². The molecule has 1 aliphatic rings. The lowest BCUT2D eigenvalue weighted by molar-refractivity contribution is 0.0527. The summed E-state index contributed by atoms with van der Waals surface area (Å²) in [6.07, 6.45) is 2.27.